The molecule has 0 spiro atoms. The molecule has 0 heterocycles. The van der Waals surface area contributed by atoms with Crippen molar-refractivity contribution in [2.24, 2.45) is 0 Å². The first-order chi connectivity index (χ1) is 4.18. The molecule has 0 atom stereocenters. The van der Waals surface area contributed by atoms with Crippen LogP contribution < -0.4 is 5.73 Å². The average Bonchev–Trinajstić information content (AvgIpc) is 1.59. The van der Waals surface area contributed by atoms with Gasteiger partial charge in [0.15, 0.2) is 0 Å². The molecule has 0 fully saturated rings. The van der Waals surface area contributed by atoms with Crippen LogP contribution in [0, 0.1) is 0 Å². The predicted molar refractivity (Wildman–Crippen MR) is 41.4 cm³/mol. The van der Waals surface area contributed by atoms with Crippen LogP contribution in [0.1, 0.15) is 0 Å². The second kappa shape index (κ2) is 3.17. The summed E-state index contributed by atoms with van der Waals surface area (Å²) in [5.41, 5.74) is 5.59. The van der Waals surface area contributed by atoms with Gasteiger partial charge in [-0.25, -0.2) is 0 Å². The van der Waals surface area contributed by atoms with E-state index in [0.717, 1.165) is 0 Å². The van der Waals surface area contributed by atoms with Crippen LogP contribution in [0.15, 0.2) is 18.2 Å². The molecule has 0 amide bonds. The maximum Gasteiger partial charge on any atom is 0.121 e. The Hall–Kier alpha value is -1.09. The number of hydrogen-bond donors (Lipinski definition) is 3. The molecule has 10 heavy (non-hydrogen) atoms. The number of anilines is 1. The number of phenolic OH excluding ortho intramolecular Hbond substituents is 2. The van der Waals surface area contributed by atoms with E-state index in [0.29, 0.717) is 5.69 Å². The standard InChI is InChI=1S/C6H7NO2.ClH/c7-4-1-5(8)3-6(9)2-4;/h1-3,8-9H,7H2;1H. The summed E-state index contributed by atoms with van der Waals surface area (Å²) in [4.78, 5) is 0. The van der Waals surface area contributed by atoms with Crippen molar-refractivity contribution in [2.45, 2.75) is 0 Å². The van der Waals surface area contributed by atoms with Gasteiger partial charge in [0, 0.05) is 23.9 Å². The van der Waals surface area contributed by atoms with E-state index in [1.54, 1.807) is 0 Å². The molecule has 56 valence electrons. The summed E-state index contributed by atoms with van der Waals surface area (Å²) in [6, 6.07) is 3.94. The molecule has 0 bridgehead atoms. The Bertz CT molecular complexity index is 177. The lowest BCUT2D eigenvalue weighted by atomic mass is 10.3. The molecule has 0 aliphatic heterocycles. The maximum atomic E-state index is 8.75. The van der Waals surface area contributed by atoms with Gasteiger partial charge in [-0.05, 0) is 0 Å². The van der Waals surface area contributed by atoms with Crippen molar-refractivity contribution < 1.29 is 10.2 Å². The Morgan fingerprint density at radius 2 is 1.40 bits per heavy atom. The van der Waals surface area contributed by atoms with Gasteiger partial charge in [-0.1, -0.05) is 0 Å². The first-order valence-electron chi connectivity index (χ1n) is 2.47. The molecule has 4 N–H and O–H groups in total. The summed E-state index contributed by atoms with van der Waals surface area (Å²) in [7, 11) is 0. The third kappa shape index (κ3) is 2.03. The molecule has 0 saturated carbocycles. The van der Waals surface area contributed by atoms with Crippen LogP contribution in [0.4, 0.5) is 5.69 Å². The molecule has 1 rings (SSSR count). The Balaban J connectivity index is 0.000000810. The van der Waals surface area contributed by atoms with E-state index in [1.165, 1.54) is 18.2 Å². The van der Waals surface area contributed by atoms with Crippen molar-refractivity contribution in [3.63, 3.8) is 0 Å². The van der Waals surface area contributed by atoms with Crippen molar-refractivity contribution in [2.75, 3.05) is 5.73 Å². The lowest BCUT2D eigenvalue weighted by Gasteiger charge is -1.95. The molecule has 0 unspecified atom stereocenters. The van der Waals surface area contributed by atoms with Gasteiger partial charge >= 0.3 is 0 Å². The van der Waals surface area contributed by atoms with Crippen LogP contribution in [0.25, 0.3) is 0 Å². The Morgan fingerprint density at radius 3 is 1.70 bits per heavy atom. The van der Waals surface area contributed by atoms with Crippen molar-refractivity contribution >= 4 is 18.1 Å². The summed E-state index contributed by atoms with van der Waals surface area (Å²) < 4.78 is 0. The molecule has 1 aromatic carbocycles. The Kier molecular flexibility index (Phi) is 2.83. The predicted octanol–water partition coefficient (Wildman–Crippen LogP) is 1.10. The topological polar surface area (TPSA) is 66.5 Å². The highest BCUT2D eigenvalue weighted by Gasteiger charge is 1.92. The van der Waals surface area contributed by atoms with Crippen molar-refractivity contribution in [3.05, 3.63) is 18.2 Å². The lowest BCUT2D eigenvalue weighted by molar-refractivity contribution is 0.451. The number of nitrogen functional groups attached to an aromatic ring is 1. The zero-order chi connectivity index (χ0) is 6.85. The maximum absolute atomic E-state index is 8.75. The minimum Gasteiger partial charge on any atom is -0.508 e. The van der Waals surface area contributed by atoms with E-state index < -0.39 is 0 Å². The fourth-order valence-corrected chi connectivity index (χ4v) is 0.618. The molecule has 0 aliphatic carbocycles. The van der Waals surface area contributed by atoms with E-state index in [1.807, 2.05) is 0 Å². The number of benzene rings is 1. The third-order valence-electron chi connectivity index (χ3n) is 0.925. The largest absolute Gasteiger partial charge is 0.508 e. The molecule has 0 aliphatic rings. The molecule has 1 aromatic rings. The summed E-state index contributed by atoms with van der Waals surface area (Å²) in [5, 5.41) is 17.5. The van der Waals surface area contributed by atoms with Gasteiger partial charge < -0.3 is 15.9 Å². The van der Waals surface area contributed by atoms with Crippen molar-refractivity contribution in [1.29, 1.82) is 0 Å². The molecule has 0 saturated heterocycles. The highest BCUT2D eigenvalue weighted by molar-refractivity contribution is 5.85. The van der Waals surface area contributed by atoms with E-state index in [4.69, 9.17) is 15.9 Å². The number of halogens is 1. The smallest absolute Gasteiger partial charge is 0.121 e. The van der Waals surface area contributed by atoms with Crippen LogP contribution in [-0.4, -0.2) is 10.2 Å². The van der Waals surface area contributed by atoms with E-state index >= 15 is 0 Å². The van der Waals surface area contributed by atoms with Gasteiger partial charge in [-0.3, -0.25) is 0 Å². The second-order valence-electron chi connectivity index (χ2n) is 1.78. The van der Waals surface area contributed by atoms with Gasteiger partial charge in [0.25, 0.3) is 0 Å². The monoisotopic (exact) mass is 161 g/mol. The van der Waals surface area contributed by atoms with Crippen LogP contribution in [-0.2, 0) is 0 Å². The molecule has 4 heteroatoms. The zero-order valence-corrected chi connectivity index (χ0v) is 5.93. The third-order valence-corrected chi connectivity index (χ3v) is 0.925. The minimum absolute atomic E-state index is 0. The fourth-order valence-electron chi connectivity index (χ4n) is 0.618. The highest BCUT2D eigenvalue weighted by Crippen LogP contribution is 2.20. The molecular formula is C6H8ClNO2. The normalized spacial score (nSPS) is 8.40. The Labute approximate surface area is 64.5 Å². The quantitative estimate of drug-likeness (QED) is 0.500. The van der Waals surface area contributed by atoms with Crippen LogP contribution in [0.2, 0.25) is 0 Å². The molecule has 3 nitrogen and oxygen atoms in total. The second-order valence-corrected chi connectivity index (χ2v) is 1.78. The van der Waals surface area contributed by atoms with Gasteiger partial charge in [0.2, 0.25) is 0 Å². The molecule has 0 aromatic heterocycles. The van der Waals surface area contributed by atoms with E-state index in [9.17, 15) is 0 Å². The van der Waals surface area contributed by atoms with Crippen LogP contribution in [0.3, 0.4) is 0 Å². The number of phenols is 2. The summed E-state index contributed by atoms with van der Waals surface area (Å²) >= 11 is 0. The van der Waals surface area contributed by atoms with Gasteiger partial charge in [0.1, 0.15) is 11.5 Å². The molecular weight excluding hydrogens is 154 g/mol. The lowest BCUT2D eigenvalue weighted by Crippen LogP contribution is -1.81. The zero-order valence-electron chi connectivity index (χ0n) is 5.11. The SMILES string of the molecule is Cl.Nc1cc(O)cc(O)c1. The number of hydrogen-bond acceptors (Lipinski definition) is 3. The summed E-state index contributed by atoms with van der Waals surface area (Å²) in [6.07, 6.45) is 0. The first-order valence-corrected chi connectivity index (χ1v) is 2.47. The summed E-state index contributed by atoms with van der Waals surface area (Å²) in [6.45, 7) is 0. The minimum atomic E-state index is -0.0208. The Morgan fingerprint density at radius 1 is 1.00 bits per heavy atom. The van der Waals surface area contributed by atoms with Gasteiger partial charge in [-0.2, -0.15) is 0 Å². The van der Waals surface area contributed by atoms with Gasteiger partial charge in [-0.15, -0.1) is 12.4 Å². The number of aromatic hydroxyl groups is 2. The first kappa shape index (κ1) is 8.91. The fraction of sp³-hybridized carbons (Fsp3) is 0. The highest BCUT2D eigenvalue weighted by atomic mass is 35.5. The van der Waals surface area contributed by atoms with E-state index in [-0.39, 0.29) is 23.9 Å². The van der Waals surface area contributed by atoms with Crippen molar-refractivity contribution in [1.82, 2.24) is 0 Å². The average molecular weight is 162 g/mol. The van der Waals surface area contributed by atoms with Crippen LogP contribution in [0.5, 0.6) is 11.5 Å². The molecule has 0 radical (unpaired) electrons. The number of nitrogens with two attached hydrogens (primary N) is 1. The number of rotatable bonds is 0. The summed E-state index contributed by atoms with van der Waals surface area (Å²) in [5.74, 6) is -0.0417. The van der Waals surface area contributed by atoms with Crippen LogP contribution >= 0.6 is 12.4 Å². The van der Waals surface area contributed by atoms with Gasteiger partial charge in [0.05, 0.1) is 0 Å². The van der Waals surface area contributed by atoms with Crippen molar-refractivity contribution in [3.8, 4) is 11.5 Å². The van der Waals surface area contributed by atoms with E-state index in [2.05, 4.69) is 0 Å².